The fourth-order valence-corrected chi connectivity index (χ4v) is 2.35. The van der Waals surface area contributed by atoms with Crippen LogP contribution in [0.2, 0.25) is 0 Å². The third-order valence-electron chi connectivity index (χ3n) is 3.26. The van der Waals surface area contributed by atoms with E-state index < -0.39 is 17.2 Å². The summed E-state index contributed by atoms with van der Waals surface area (Å²) in [5.41, 5.74) is -0.690. The van der Waals surface area contributed by atoms with Crippen molar-refractivity contribution in [1.82, 2.24) is 0 Å². The molecule has 0 bridgehead atoms. The molecule has 2 rings (SSSR count). The molecular weight excluding hydrogens is 240 g/mol. The second-order valence-corrected chi connectivity index (χ2v) is 4.34. The summed E-state index contributed by atoms with van der Waals surface area (Å²) in [5.74, 6) is -1.56. The topological polar surface area (TPSA) is 54.4 Å². The maximum absolute atomic E-state index is 12.1. The van der Waals surface area contributed by atoms with Crippen molar-refractivity contribution in [3.63, 3.8) is 0 Å². The van der Waals surface area contributed by atoms with Crippen LogP contribution >= 0.6 is 0 Å². The number of carboxylic acids is 1. The molecule has 3 heteroatoms. The van der Waals surface area contributed by atoms with Crippen LogP contribution in [0.1, 0.15) is 18.1 Å². The number of Topliss-reactive ketones (excluding diaryl/α,β-unsaturated/α-hetero) is 1. The zero-order chi connectivity index (χ0) is 13.9. The first-order chi connectivity index (χ1) is 9.10. The van der Waals surface area contributed by atoms with Gasteiger partial charge in [-0.1, -0.05) is 60.7 Å². The van der Waals surface area contributed by atoms with Gasteiger partial charge in [0.1, 0.15) is 0 Å². The van der Waals surface area contributed by atoms with E-state index in [0.29, 0.717) is 11.1 Å². The highest BCUT2D eigenvalue weighted by Gasteiger charge is 2.46. The number of aliphatic carboxylic acids is 1. The molecule has 19 heavy (non-hydrogen) atoms. The summed E-state index contributed by atoms with van der Waals surface area (Å²) in [4.78, 5) is 24.0. The van der Waals surface area contributed by atoms with Gasteiger partial charge in [-0.05, 0) is 18.1 Å². The van der Waals surface area contributed by atoms with Crippen LogP contribution in [-0.2, 0) is 15.0 Å². The van der Waals surface area contributed by atoms with E-state index in [1.54, 1.807) is 60.7 Å². The number of carbonyl (C=O) groups is 2. The molecule has 0 saturated heterocycles. The van der Waals surface area contributed by atoms with Crippen molar-refractivity contribution in [2.45, 2.75) is 12.3 Å². The Morgan fingerprint density at radius 2 is 1.21 bits per heavy atom. The summed E-state index contributed by atoms with van der Waals surface area (Å²) in [5, 5.41) is 9.68. The summed E-state index contributed by atoms with van der Waals surface area (Å²) >= 11 is 0. The Kier molecular flexibility index (Phi) is 3.47. The van der Waals surface area contributed by atoms with Crippen molar-refractivity contribution >= 4 is 11.8 Å². The van der Waals surface area contributed by atoms with Crippen molar-refractivity contribution in [2.75, 3.05) is 0 Å². The standard InChI is InChI=1S/C16H14O3/c1-12(17)16(15(18)19,13-8-4-2-5-9-13)14-10-6-3-7-11-14/h2-11H,1H3,(H,18,19). The molecule has 0 saturated carbocycles. The average molecular weight is 254 g/mol. The Morgan fingerprint density at radius 1 is 0.842 bits per heavy atom. The minimum absolute atomic E-state index is 0.405. The second-order valence-electron chi connectivity index (χ2n) is 4.34. The normalized spacial score (nSPS) is 11.0. The van der Waals surface area contributed by atoms with Gasteiger partial charge in [0, 0.05) is 0 Å². The SMILES string of the molecule is CC(=O)C(C(=O)O)(c1ccccc1)c1ccccc1. The molecule has 0 aromatic heterocycles. The molecule has 0 atom stereocenters. The Morgan fingerprint density at radius 3 is 1.47 bits per heavy atom. The zero-order valence-electron chi connectivity index (χ0n) is 10.5. The van der Waals surface area contributed by atoms with Crippen molar-refractivity contribution in [2.24, 2.45) is 0 Å². The Bertz CT molecular complexity index is 532. The molecule has 0 spiro atoms. The van der Waals surface area contributed by atoms with E-state index in [1.165, 1.54) is 6.92 Å². The predicted molar refractivity (Wildman–Crippen MR) is 72.0 cm³/mol. The summed E-state index contributed by atoms with van der Waals surface area (Å²) in [6, 6.07) is 17.2. The van der Waals surface area contributed by atoms with Crippen LogP contribution in [0.15, 0.2) is 60.7 Å². The highest BCUT2D eigenvalue weighted by atomic mass is 16.4. The lowest BCUT2D eigenvalue weighted by atomic mass is 9.72. The summed E-state index contributed by atoms with van der Waals surface area (Å²) in [6.45, 7) is 1.31. The highest BCUT2D eigenvalue weighted by molar-refractivity contribution is 6.11. The molecule has 2 aromatic rings. The van der Waals surface area contributed by atoms with Gasteiger partial charge in [-0.15, -0.1) is 0 Å². The van der Waals surface area contributed by atoms with Crippen LogP contribution in [0.5, 0.6) is 0 Å². The van der Waals surface area contributed by atoms with E-state index in [9.17, 15) is 14.7 Å². The maximum Gasteiger partial charge on any atom is 0.326 e. The molecule has 0 aliphatic rings. The van der Waals surface area contributed by atoms with E-state index in [2.05, 4.69) is 0 Å². The van der Waals surface area contributed by atoms with Crippen molar-refractivity contribution in [3.8, 4) is 0 Å². The summed E-state index contributed by atoms with van der Waals surface area (Å²) in [7, 11) is 0. The number of hydrogen-bond acceptors (Lipinski definition) is 2. The fraction of sp³-hybridized carbons (Fsp3) is 0.125. The van der Waals surface area contributed by atoms with E-state index in [4.69, 9.17) is 0 Å². The summed E-state index contributed by atoms with van der Waals surface area (Å²) < 4.78 is 0. The quantitative estimate of drug-likeness (QED) is 0.853. The van der Waals surface area contributed by atoms with Crippen LogP contribution < -0.4 is 0 Å². The van der Waals surface area contributed by atoms with E-state index in [1.807, 2.05) is 0 Å². The van der Waals surface area contributed by atoms with Gasteiger partial charge in [0.2, 0.25) is 0 Å². The summed E-state index contributed by atoms with van der Waals surface area (Å²) in [6.07, 6.45) is 0. The van der Waals surface area contributed by atoms with Crippen LogP contribution in [0, 0.1) is 0 Å². The van der Waals surface area contributed by atoms with Crippen LogP contribution in [-0.4, -0.2) is 16.9 Å². The number of carboxylic acid groups (broad SMARTS) is 1. The molecule has 0 amide bonds. The molecule has 1 N–H and O–H groups in total. The number of rotatable bonds is 4. The van der Waals surface area contributed by atoms with Crippen molar-refractivity contribution < 1.29 is 14.7 Å². The van der Waals surface area contributed by atoms with Crippen LogP contribution in [0.3, 0.4) is 0 Å². The Hall–Kier alpha value is -2.42. The molecule has 0 aliphatic heterocycles. The van der Waals surface area contributed by atoms with Crippen LogP contribution in [0.4, 0.5) is 0 Å². The first kappa shape index (κ1) is 13.0. The smallest absolute Gasteiger partial charge is 0.326 e. The van der Waals surface area contributed by atoms with Gasteiger partial charge in [-0.25, -0.2) is 0 Å². The number of benzene rings is 2. The average Bonchev–Trinajstić information content (AvgIpc) is 2.41. The second kappa shape index (κ2) is 5.06. The van der Waals surface area contributed by atoms with Gasteiger partial charge in [0.05, 0.1) is 0 Å². The molecule has 0 aliphatic carbocycles. The van der Waals surface area contributed by atoms with E-state index in [0.717, 1.165) is 0 Å². The molecule has 0 unspecified atom stereocenters. The van der Waals surface area contributed by atoms with E-state index in [-0.39, 0.29) is 0 Å². The van der Waals surface area contributed by atoms with Gasteiger partial charge in [-0.3, -0.25) is 9.59 Å². The third-order valence-corrected chi connectivity index (χ3v) is 3.26. The molecule has 96 valence electrons. The minimum atomic E-state index is -1.64. The molecule has 2 aromatic carbocycles. The molecular formula is C16H14O3. The largest absolute Gasteiger partial charge is 0.480 e. The maximum atomic E-state index is 12.1. The Labute approximate surface area is 111 Å². The number of ketones is 1. The van der Waals surface area contributed by atoms with Gasteiger partial charge in [0.25, 0.3) is 0 Å². The monoisotopic (exact) mass is 254 g/mol. The first-order valence-electron chi connectivity index (χ1n) is 5.95. The molecule has 0 radical (unpaired) electrons. The predicted octanol–water partition coefficient (Wildman–Crippen LogP) is 2.65. The van der Waals surface area contributed by atoms with Crippen LogP contribution in [0.25, 0.3) is 0 Å². The van der Waals surface area contributed by atoms with Gasteiger partial charge in [0.15, 0.2) is 11.2 Å². The highest BCUT2D eigenvalue weighted by Crippen LogP contribution is 2.33. The van der Waals surface area contributed by atoms with Gasteiger partial charge >= 0.3 is 5.97 Å². The lowest BCUT2D eigenvalue weighted by molar-refractivity contribution is -0.146. The van der Waals surface area contributed by atoms with Gasteiger partial charge in [-0.2, -0.15) is 0 Å². The van der Waals surface area contributed by atoms with Gasteiger partial charge < -0.3 is 5.11 Å². The third kappa shape index (κ3) is 2.03. The minimum Gasteiger partial charge on any atom is -0.480 e. The zero-order valence-corrected chi connectivity index (χ0v) is 10.5. The Balaban J connectivity index is 2.77. The number of hydrogen-bond donors (Lipinski definition) is 1. The molecule has 0 heterocycles. The lowest BCUT2D eigenvalue weighted by Crippen LogP contribution is -2.43. The van der Waals surface area contributed by atoms with Crippen molar-refractivity contribution in [1.29, 1.82) is 0 Å². The number of carbonyl (C=O) groups excluding carboxylic acids is 1. The lowest BCUT2D eigenvalue weighted by Gasteiger charge is -2.27. The molecule has 3 nitrogen and oxygen atoms in total. The van der Waals surface area contributed by atoms with E-state index >= 15 is 0 Å². The fourth-order valence-electron chi connectivity index (χ4n) is 2.35. The first-order valence-corrected chi connectivity index (χ1v) is 5.95. The van der Waals surface area contributed by atoms with Crippen molar-refractivity contribution in [3.05, 3.63) is 71.8 Å². The molecule has 0 fully saturated rings.